The van der Waals surface area contributed by atoms with Gasteiger partial charge in [0, 0.05) is 29.1 Å². The number of anilines is 1. The lowest BCUT2D eigenvalue weighted by Gasteiger charge is -2.09. The predicted octanol–water partition coefficient (Wildman–Crippen LogP) is 4.10. The van der Waals surface area contributed by atoms with Gasteiger partial charge < -0.3 is 15.4 Å². The summed E-state index contributed by atoms with van der Waals surface area (Å²) in [5, 5.41) is 6.32. The van der Waals surface area contributed by atoms with E-state index >= 15 is 0 Å². The summed E-state index contributed by atoms with van der Waals surface area (Å²) in [5.41, 5.74) is 1.08. The minimum atomic E-state index is -0.200. The van der Waals surface area contributed by atoms with E-state index in [9.17, 15) is 9.59 Å². The first kappa shape index (κ1) is 20.4. The zero-order chi connectivity index (χ0) is 18.9. The lowest BCUT2D eigenvalue weighted by atomic mass is 10.2. The number of carbonyl (C=O) groups is 2. The lowest BCUT2D eigenvalue weighted by molar-refractivity contribution is -0.113. The van der Waals surface area contributed by atoms with Crippen molar-refractivity contribution in [1.82, 2.24) is 5.32 Å². The van der Waals surface area contributed by atoms with Gasteiger partial charge in [0.25, 0.3) is 5.91 Å². The average Bonchev–Trinajstić information content (AvgIpc) is 2.62. The topological polar surface area (TPSA) is 67.4 Å². The standard InChI is InChI=1S/C18H18Cl2N2O3S/c1-21-18(24)12-3-2-4-14(9-12)22-17(23)11-26-8-7-25-16-6-5-13(19)10-15(16)20/h2-6,9-10H,7-8,11H2,1H3,(H,21,24)(H,22,23). The number of benzene rings is 2. The zero-order valence-electron chi connectivity index (χ0n) is 14.1. The number of carbonyl (C=O) groups excluding carboxylic acids is 2. The lowest BCUT2D eigenvalue weighted by Crippen LogP contribution is -2.19. The van der Waals surface area contributed by atoms with Crippen molar-refractivity contribution in [3.05, 3.63) is 58.1 Å². The number of thioether (sulfide) groups is 1. The molecule has 0 saturated heterocycles. The Morgan fingerprint density at radius 3 is 2.69 bits per heavy atom. The molecule has 0 atom stereocenters. The normalized spacial score (nSPS) is 10.3. The van der Waals surface area contributed by atoms with Crippen molar-refractivity contribution in [2.45, 2.75) is 0 Å². The molecule has 2 aromatic rings. The van der Waals surface area contributed by atoms with E-state index in [4.69, 9.17) is 27.9 Å². The highest BCUT2D eigenvalue weighted by molar-refractivity contribution is 7.99. The van der Waals surface area contributed by atoms with E-state index in [2.05, 4.69) is 10.6 Å². The summed E-state index contributed by atoms with van der Waals surface area (Å²) >= 11 is 13.3. The van der Waals surface area contributed by atoms with E-state index in [1.165, 1.54) is 11.8 Å². The molecular formula is C18H18Cl2N2O3S. The molecule has 0 aliphatic heterocycles. The Morgan fingerprint density at radius 1 is 1.15 bits per heavy atom. The molecule has 0 saturated carbocycles. The third kappa shape index (κ3) is 6.44. The van der Waals surface area contributed by atoms with Gasteiger partial charge in [0.1, 0.15) is 5.75 Å². The number of rotatable bonds is 8. The first-order chi connectivity index (χ1) is 12.5. The molecule has 0 aliphatic carbocycles. The van der Waals surface area contributed by atoms with Crippen LogP contribution in [0.15, 0.2) is 42.5 Å². The fourth-order valence-electron chi connectivity index (χ4n) is 2.05. The molecule has 2 aromatic carbocycles. The Bertz CT molecular complexity index is 787. The first-order valence-corrected chi connectivity index (χ1v) is 9.68. The van der Waals surface area contributed by atoms with Crippen molar-refractivity contribution in [2.24, 2.45) is 0 Å². The second kappa shape index (κ2) is 10.3. The molecule has 26 heavy (non-hydrogen) atoms. The minimum absolute atomic E-state index is 0.145. The van der Waals surface area contributed by atoms with E-state index in [1.54, 1.807) is 49.5 Å². The van der Waals surface area contributed by atoms with Crippen LogP contribution in [0.1, 0.15) is 10.4 Å². The average molecular weight is 413 g/mol. The summed E-state index contributed by atoms with van der Waals surface area (Å²) in [6.45, 7) is 0.422. The molecule has 5 nitrogen and oxygen atoms in total. The van der Waals surface area contributed by atoms with Gasteiger partial charge in [-0.25, -0.2) is 0 Å². The van der Waals surface area contributed by atoms with Gasteiger partial charge in [0.15, 0.2) is 0 Å². The van der Waals surface area contributed by atoms with Gasteiger partial charge in [-0.1, -0.05) is 29.3 Å². The monoisotopic (exact) mass is 412 g/mol. The summed E-state index contributed by atoms with van der Waals surface area (Å²) in [4.78, 5) is 23.6. The smallest absolute Gasteiger partial charge is 0.251 e. The summed E-state index contributed by atoms with van der Waals surface area (Å²) < 4.78 is 5.56. The van der Waals surface area contributed by atoms with Crippen LogP contribution in [0.4, 0.5) is 5.69 Å². The van der Waals surface area contributed by atoms with Gasteiger partial charge in [-0.3, -0.25) is 9.59 Å². The molecule has 138 valence electrons. The highest BCUT2D eigenvalue weighted by Gasteiger charge is 2.07. The summed E-state index contributed by atoms with van der Waals surface area (Å²) in [7, 11) is 1.56. The SMILES string of the molecule is CNC(=O)c1cccc(NC(=O)CSCCOc2ccc(Cl)cc2Cl)c1. The van der Waals surface area contributed by atoms with Crippen LogP contribution in [0.25, 0.3) is 0 Å². The van der Waals surface area contributed by atoms with E-state index in [-0.39, 0.29) is 17.6 Å². The van der Waals surface area contributed by atoms with Crippen LogP contribution < -0.4 is 15.4 Å². The van der Waals surface area contributed by atoms with Crippen molar-refractivity contribution >= 4 is 52.5 Å². The van der Waals surface area contributed by atoms with Crippen molar-refractivity contribution < 1.29 is 14.3 Å². The van der Waals surface area contributed by atoms with Crippen molar-refractivity contribution in [3.8, 4) is 5.75 Å². The van der Waals surface area contributed by atoms with Crippen LogP contribution in [0.3, 0.4) is 0 Å². The molecule has 0 aliphatic rings. The maximum atomic E-state index is 12.0. The highest BCUT2D eigenvalue weighted by atomic mass is 35.5. The number of nitrogens with one attached hydrogen (secondary N) is 2. The zero-order valence-corrected chi connectivity index (χ0v) is 16.4. The van der Waals surface area contributed by atoms with Gasteiger partial charge in [-0.2, -0.15) is 0 Å². The Balaban J connectivity index is 1.71. The van der Waals surface area contributed by atoms with Crippen molar-refractivity contribution in [2.75, 3.05) is 30.5 Å². The number of halogens is 2. The molecular weight excluding hydrogens is 395 g/mol. The summed E-state index contributed by atoms with van der Waals surface area (Å²) in [5.74, 6) is 1.13. The molecule has 0 heterocycles. The third-order valence-electron chi connectivity index (χ3n) is 3.25. The molecule has 0 bridgehead atoms. The maximum Gasteiger partial charge on any atom is 0.251 e. The maximum absolute atomic E-state index is 12.0. The van der Waals surface area contributed by atoms with Crippen LogP contribution in [0.2, 0.25) is 10.0 Å². The van der Waals surface area contributed by atoms with Crippen molar-refractivity contribution in [1.29, 1.82) is 0 Å². The Hall–Kier alpha value is -1.89. The van der Waals surface area contributed by atoms with Crippen LogP contribution in [-0.4, -0.2) is 37.0 Å². The Labute approximate surface area is 166 Å². The molecule has 0 aromatic heterocycles. The van der Waals surface area contributed by atoms with Crippen LogP contribution in [0.5, 0.6) is 5.75 Å². The molecule has 8 heteroatoms. The molecule has 2 N–H and O–H groups in total. The molecule has 2 rings (SSSR count). The summed E-state index contributed by atoms with van der Waals surface area (Å²) in [6.07, 6.45) is 0. The van der Waals surface area contributed by atoms with E-state index < -0.39 is 0 Å². The van der Waals surface area contributed by atoms with Gasteiger partial charge in [-0.05, 0) is 36.4 Å². The Kier molecular flexibility index (Phi) is 8.09. The van der Waals surface area contributed by atoms with E-state index in [0.717, 1.165) is 0 Å². The fraction of sp³-hybridized carbons (Fsp3) is 0.222. The summed E-state index contributed by atoms with van der Waals surface area (Å²) in [6, 6.07) is 11.8. The van der Waals surface area contributed by atoms with Gasteiger partial charge >= 0.3 is 0 Å². The second-order valence-electron chi connectivity index (χ2n) is 5.18. The molecule has 2 amide bonds. The van der Waals surface area contributed by atoms with Crippen molar-refractivity contribution in [3.63, 3.8) is 0 Å². The second-order valence-corrected chi connectivity index (χ2v) is 7.13. The number of amides is 2. The molecule has 0 fully saturated rings. The highest BCUT2D eigenvalue weighted by Crippen LogP contribution is 2.27. The quantitative estimate of drug-likeness (QED) is 0.640. The van der Waals surface area contributed by atoms with Gasteiger partial charge in [-0.15, -0.1) is 11.8 Å². The Morgan fingerprint density at radius 2 is 1.96 bits per heavy atom. The van der Waals surface area contributed by atoms with Gasteiger partial charge in [0.05, 0.1) is 17.4 Å². The molecule has 0 spiro atoms. The number of hydrogen-bond donors (Lipinski definition) is 2. The fourth-order valence-corrected chi connectivity index (χ4v) is 3.11. The molecule has 0 radical (unpaired) electrons. The van der Waals surface area contributed by atoms with Crippen LogP contribution in [-0.2, 0) is 4.79 Å². The van der Waals surface area contributed by atoms with Gasteiger partial charge in [0.2, 0.25) is 5.91 Å². The number of hydrogen-bond acceptors (Lipinski definition) is 4. The van der Waals surface area contributed by atoms with E-state index in [0.29, 0.717) is 39.4 Å². The largest absolute Gasteiger partial charge is 0.491 e. The minimum Gasteiger partial charge on any atom is -0.491 e. The first-order valence-electron chi connectivity index (χ1n) is 7.77. The third-order valence-corrected chi connectivity index (χ3v) is 4.70. The number of ether oxygens (including phenoxy) is 1. The predicted molar refractivity (Wildman–Crippen MR) is 108 cm³/mol. The molecule has 0 unspecified atom stereocenters. The van der Waals surface area contributed by atoms with Crippen LogP contribution in [0, 0.1) is 0 Å². The van der Waals surface area contributed by atoms with E-state index in [1.807, 2.05) is 0 Å². The van der Waals surface area contributed by atoms with Crippen LogP contribution >= 0.6 is 35.0 Å².